The van der Waals surface area contributed by atoms with Gasteiger partial charge in [0.05, 0.1) is 11.4 Å². The fraction of sp³-hybridized carbons (Fsp3) is 0.231. The summed E-state index contributed by atoms with van der Waals surface area (Å²) in [6, 6.07) is 7.69. The summed E-state index contributed by atoms with van der Waals surface area (Å²) in [4.78, 5) is 11.3. The van der Waals surface area contributed by atoms with E-state index < -0.39 is 0 Å². The summed E-state index contributed by atoms with van der Waals surface area (Å²) in [6.07, 6.45) is 0. The first-order chi connectivity index (χ1) is 8.02. The SMILES string of the molecule is CC(=O)c1nn(-c2ccccc2C)c(C)c1O. The van der Waals surface area contributed by atoms with Crippen molar-refractivity contribution in [3.8, 4) is 11.4 Å². The minimum Gasteiger partial charge on any atom is -0.504 e. The van der Waals surface area contributed by atoms with Crippen LogP contribution in [0.2, 0.25) is 0 Å². The van der Waals surface area contributed by atoms with E-state index in [4.69, 9.17) is 0 Å². The molecular formula is C13H14N2O2. The van der Waals surface area contributed by atoms with Crippen LogP contribution in [0.25, 0.3) is 5.69 Å². The highest BCUT2D eigenvalue weighted by molar-refractivity contribution is 5.95. The molecule has 0 aliphatic rings. The zero-order chi connectivity index (χ0) is 12.6. The Morgan fingerprint density at radius 3 is 2.47 bits per heavy atom. The van der Waals surface area contributed by atoms with Crippen LogP contribution in [0.1, 0.15) is 28.7 Å². The summed E-state index contributed by atoms with van der Waals surface area (Å²) in [5.41, 5.74) is 2.59. The number of rotatable bonds is 2. The van der Waals surface area contributed by atoms with Gasteiger partial charge in [-0.05, 0) is 25.5 Å². The maximum absolute atomic E-state index is 11.3. The van der Waals surface area contributed by atoms with E-state index in [2.05, 4.69) is 5.10 Å². The fourth-order valence-electron chi connectivity index (χ4n) is 1.77. The molecule has 4 nitrogen and oxygen atoms in total. The lowest BCUT2D eigenvalue weighted by atomic mass is 10.2. The van der Waals surface area contributed by atoms with Crippen molar-refractivity contribution in [2.24, 2.45) is 0 Å². The van der Waals surface area contributed by atoms with E-state index in [1.54, 1.807) is 11.6 Å². The van der Waals surface area contributed by atoms with Gasteiger partial charge >= 0.3 is 0 Å². The van der Waals surface area contributed by atoms with Gasteiger partial charge in [0.25, 0.3) is 0 Å². The summed E-state index contributed by atoms with van der Waals surface area (Å²) >= 11 is 0. The van der Waals surface area contributed by atoms with Gasteiger partial charge in [0, 0.05) is 6.92 Å². The molecule has 0 unspecified atom stereocenters. The first-order valence-corrected chi connectivity index (χ1v) is 5.38. The number of hydrogen-bond acceptors (Lipinski definition) is 3. The minimum absolute atomic E-state index is 0.0410. The summed E-state index contributed by atoms with van der Waals surface area (Å²) in [5.74, 6) is -0.279. The van der Waals surface area contributed by atoms with E-state index in [1.165, 1.54) is 6.92 Å². The highest BCUT2D eigenvalue weighted by Crippen LogP contribution is 2.25. The quantitative estimate of drug-likeness (QED) is 0.806. The van der Waals surface area contributed by atoms with Crippen LogP contribution < -0.4 is 0 Å². The maximum Gasteiger partial charge on any atom is 0.183 e. The van der Waals surface area contributed by atoms with Crippen LogP contribution in [0.5, 0.6) is 5.75 Å². The Labute approximate surface area is 99.5 Å². The third-order valence-electron chi connectivity index (χ3n) is 2.76. The third kappa shape index (κ3) is 1.82. The number of aryl methyl sites for hydroxylation is 1. The molecule has 0 atom stereocenters. The van der Waals surface area contributed by atoms with E-state index in [9.17, 15) is 9.90 Å². The van der Waals surface area contributed by atoms with E-state index in [0.29, 0.717) is 5.69 Å². The Hall–Kier alpha value is -2.10. The summed E-state index contributed by atoms with van der Waals surface area (Å²) in [7, 11) is 0. The molecule has 0 radical (unpaired) electrons. The Morgan fingerprint density at radius 1 is 1.29 bits per heavy atom. The lowest BCUT2D eigenvalue weighted by molar-refractivity contribution is 0.101. The van der Waals surface area contributed by atoms with Crippen molar-refractivity contribution in [2.75, 3.05) is 0 Å². The molecule has 0 amide bonds. The zero-order valence-corrected chi connectivity index (χ0v) is 10.1. The zero-order valence-electron chi connectivity index (χ0n) is 10.1. The van der Waals surface area contributed by atoms with Gasteiger partial charge < -0.3 is 5.11 Å². The third-order valence-corrected chi connectivity index (χ3v) is 2.76. The second kappa shape index (κ2) is 4.05. The predicted octanol–water partition coefficient (Wildman–Crippen LogP) is 2.40. The van der Waals surface area contributed by atoms with Crippen molar-refractivity contribution < 1.29 is 9.90 Å². The Kier molecular flexibility index (Phi) is 2.71. The van der Waals surface area contributed by atoms with Gasteiger partial charge in [0.15, 0.2) is 17.2 Å². The Balaban J connectivity index is 2.66. The van der Waals surface area contributed by atoms with Crippen molar-refractivity contribution >= 4 is 5.78 Å². The molecule has 2 rings (SSSR count). The molecule has 1 aromatic carbocycles. The average Bonchev–Trinajstić information content (AvgIpc) is 2.57. The van der Waals surface area contributed by atoms with E-state index in [1.807, 2.05) is 31.2 Å². The van der Waals surface area contributed by atoms with Gasteiger partial charge in [-0.25, -0.2) is 4.68 Å². The molecule has 1 aromatic heterocycles. The predicted molar refractivity (Wildman–Crippen MR) is 64.7 cm³/mol. The number of benzene rings is 1. The van der Waals surface area contributed by atoms with Gasteiger partial charge in [0.1, 0.15) is 0 Å². The number of ketones is 1. The molecule has 1 heterocycles. The van der Waals surface area contributed by atoms with Crippen LogP contribution in [-0.4, -0.2) is 20.7 Å². The van der Waals surface area contributed by atoms with Crippen LogP contribution in [-0.2, 0) is 0 Å². The van der Waals surface area contributed by atoms with Gasteiger partial charge in [0.2, 0.25) is 0 Å². The molecule has 17 heavy (non-hydrogen) atoms. The summed E-state index contributed by atoms with van der Waals surface area (Å²) in [5, 5.41) is 14.0. The molecule has 0 fully saturated rings. The largest absolute Gasteiger partial charge is 0.504 e. The van der Waals surface area contributed by atoms with Crippen LogP contribution >= 0.6 is 0 Å². The highest BCUT2D eigenvalue weighted by Gasteiger charge is 2.18. The number of aromatic hydroxyl groups is 1. The maximum atomic E-state index is 11.3. The number of Topliss-reactive ketones (excluding diaryl/α,β-unsaturated/α-hetero) is 1. The molecule has 1 N–H and O–H groups in total. The van der Waals surface area contributed by atoms with Crippen molar-refractivity contribution in [3.63, 3.8) is 0 Å². The summed E-state index contributed by atoms with van der Waals surface area (Å²) in [6.45, 7) is 5.09. The summed E-state index contributed by atoms with van der Waals surface area (Å²) < 4.78 is 1.60. The highest BCUT2D eigenvalue weighted by atomic mass is 16.3. The normalized spacial score (nSPS) is 10.5. The van der Waals surface area contributed by atoms with Crippen molar-refractivity contribution in [2.45, 2.75) is 20.8 Å². The molecular weight excluding hydrogens is 216 g/mol. The van der Waals surface area contributed by atoms with Crippen molar-refractivity contribution in [3.05, 3.63) is 41.2 Å². The fourth-order valence-corrected chi connectivity index (χ4v) is 1.77. The van der Waals surface area contributed by atoms with Gasteiger partial charge in [-0.3, -0.25) is 4.79 Å². The molecule has 0 aliphatic carbocycles. The van der Waals surface area contributed by atoms with Crippen molar-refractivity contribution in [1.29, 1.82) is 0 Å². The molecule has 0 saturated carbocycles. The molecule has 0 saturated heterocycles. The second-order valence-electron chi connectivity index (χ2n) is 4.04. The van der Waals surface area contributed by atoms with Gasteiger partial charge in [-0.2, -0.15) is 5.10 Å². The lowest BCUT2D eigenvalue weighted by Crippen LogP contribution is -2.02. The van der Waals surface area contributed by atoms with Crippen LogP contribution in [0.3, 0.4) is 0 Å². The van der Waals surface area contributed by atoms with E-state index >= 15 is 0 Å². The number of carbonyl (C=O) groups is 1. The number of para-hydroxylation sites is 1. The van der Waals surface area contributed by atoms with Gasteiger partial charge in [-0.1, -0.05) is 18.2 Å². The molecule has 88 valence electrons. The standard InChI is InChI=1S/C13H14N2O2/c1-8-6-4-5-7-11(8)15-9(2)13(17)12(14-15)10(3)16/h4-7,17H,1-3H3. The second-order valence-corrected chi connectivity index (χ2v) is 4.04. The smallest absolute Gasteiger partial charge is 0.183 e. The number of aromatic nitrogens is 2. The first-order valence-electron chi connectivity index (χ1n) is 5.38. The Morgan fingerprint density at radius 2 is 1.94 bits per heavy atom. The Bertz CT molecular complexity index is 585. The number of carbonyl (C=O) groups excluding carboxylic acids is 1. The minimum atomic E-state index is -0.238. The molecule has 4 heteroatoms. The molecule has 0 aliphatic heterocycles. The molecule has 0 bridgehead atoms. The molecule has 2 aromatic rings. The monoisotopic (exact) mass is 230 g/mol. The van der Waals surface area contributed by atoms with Crippen molar-refractivity contribution in [1.82, 2.24) is 9.78 Å². The molecule has 0 spiro atoms. The van der Waals surface area contributed by atoms with E-state index in [-0.39, 0.29) is 17.2 Å². The first kappa shape index (κ1) is 11.4. The number of hydrogen-bond donors (Lipinski definition) is 1. The van der Waals surface area contributed by atoms with Crippen LogP contribution in [0, 0.1) is 13.8 Å². The van der Waals surface area contributed by atoms with Crippen LogP contribution in [0.4, 0.5) is 0 Å². The van der Waals surface area contributed by atoms with Gasteiger partial charge in [-0.15, -0.1) is 0 Å². The lowest BCUT2D eigenvalue weighted by Gasteiger charge is -2.06. The average molecular weight is 230 g/mol. The number of nitrogens with zero attached hydrogens (tertiary/aromatic N) is 2. The van der Waals surface area contributed by atoms with E-state index in [0.717, 1.165) is 11.3 Å². The van der Waals surface area contributed by atoms with Crippen LogP contribution in [0.15, 0.2) is 24.3 Å². The topological polar surface area (TPSA) is 55.1 Å².